The van der Waals surface area contributed by atoms with Crippen molar-refractivity contribution in [3.05, 3.63) is 51.3 Å². The van der Waals surface area contributed by atoms with Gasteiger partial charge in [-0.05, 0) is 43.4 Å². The van der Waals surface area contributed by atoms with E-state index in [4.69, 9.17) is 17.3 Å². The SMILES string of the molecule is NC(=O)c1cc(Cl)ccc1CC(=O)Cn1nc(C(F)(F)F)c2c1CCCC2. The molecule has 1 aromatic heterocycles. The molecular weight excluding hydrogens is 383 g/mol. The van der Waals surface area contributed by atoms with Crippen LogP contribution in [0.15, 0.2) is 18.2 Å². The Morgan fingerprint density at radius 3 is 2.59 bits per heavy atom. The summed E-state index contributed by atoms with van der Waals surface area (Å²) < 4.78 is 40.8. The van der Waals surface area contributed by atoms with Crippen LogP contribution in [0.4, 0.5) is 13.2 Å². The molecule has 1 aromatic carbocycles. The number of primary amides is 1. The molecule has 3 rings (SSSR count). The van der Waals surface area contributed by atoms with Crippen molar-refractivity contribution in [2.45, 2.75) is 44.8 Å². The van der Waals surface area contributed by atoms with Gasteiger partial charge in [-0.15, -0.1) is 0 Å². The van der Waals surface area contributed by atoms with E-state index in [1.807, 2.05) is 0 Å². The van der Waals surface area contributed by atoms with E-state index in [1.54, 1.807) is 0 Å². The van der Waals surface area contributed by atoms with Gasteiger partial charge >= 0.3 is 6.18 Å². The van der Waals surface area contributed by atoms with Crippen LogP contribution in [0.5, 0.6) is 0 Å². The number of alkyl halides is 3. The molecule has 1 aliphatic carbocycles. The molecule has 0 fully saturated rings. The van der Waals surface area contributed by atoms with Crippen LogP contribution < -0.4 is 5.73 Å². The van der Waals surface area contributed by atoms with E-state index in [9.17, 15) is 22.8 Å². The lowest BCUT2D eigenvalue weighted by molar-refractivity contribution is -0.142. The predicted octanol–water partition coefficient (Wildman–Crippen LogP) is 3.34. The van der Waals surface area contributed by atoms with Gasteiger partial charge in [-0.1, -0.05) is 17.7 Å². The number of amides is 1. The maximum Gasteiger partial charge on any atom is 0.435 e. The number of hydrogen-bond acceptors (Lipinski definition) is 3. The monoisotopic (exact) mass is 399 g/mol. The molecule has 144 valence electrons. The van der Waals surface area contributed by atoms with Gasteiger partial charge in [0.05, 0.1) is 0 Å². The fourth-order valence-electron chi connectivity index (χ4n) is 3.40. The summed E-state index contributed by atoms with van der Waals surface area (Å²) in [4.78, 5) is 24.0. The number of carbonyl (C=O) groups excluding carboxylic acids is 2. The number of halogens is 4. The lowest BCUT2D eigenvalue weighted by atomic mass is 9.95. The second-order valence-corrected chi connectivity index (χ2v) is 6.95. The highest BCUT2D eigenvalue weighted by molar-refractivity contribution is 6.31. The van der Waals surface area contributed by atoms with Crippen molar-refractivity contribution in [3.63, 3.8) is 0 Å². The number of ketones is 1. The zero-order valence-corrected chi connectivity index (χ0v) is 15.0. The summed E-state index contributed by atoms with van der Waals surface area (Å²) in [6.45, 7) is -0.292. The van der Waals surface area contributed by atoms with E-state index in [0.717, 1.165) is 11.1 Å². The molecule has 1 aliphatic rings. The predicted molar refractivity (Wildman–Crippen MR) is 92.6 cm³/mol. The second-order valence-electron chi connectivity index (χ2n) is 6.52. The summed E-state index contributed by atoms with van der Waals surface area (Å²) >= 11 is 5.84. The zero-order valence-electron chi connectivity index (χ0n) is 14.3. The Hall–Kier alpha value is -2.35. The highest BCUT2D eigenvalue weighted by Gasteiger charge is 2.39. The third-order valence-corrected chi connectivity index (χ3v) is 4.81. The molecule has 1 amide bonds. The lowest BCUT2D eigenvalue weighted by Gasteiger charge is -2.14. The van der Waals surface area contributed by atoms with Gasteiger partial charge in [0, 0.05) is 28.3 Å². The Labute approximate surface area is 158 Å². The minimum atomic E-state index is -4.55. The van der Waals surface area contributed by atoms with Gasteiger partial charge in [-0.3, -0.25) is 14.3 Å². The van der Waals surface area contributed by atoms with Crippen molar-refractivity contribution in [2.75, 3.05) is 0 Å². The average molecular weight is 400 g/mol. The third kappa shape index (κ3) is 4.16. The minimum Gasteiger partial charge on any atom is -0.366 e. The smallest absolute Gasteiger partial charge is 0.366 e. The van der Waals surface area contributed by atoms with E-state index < -0.39 is 17.8 Å². The maximum atomic E-state index is 13.2. The second kappa shape index (κ2) is 7.34. The van der Waals surface area contributed by atoms with Gasteiger partial charge in [0.25, 0.3) is 0 Å². The molecule has 0 saturated heterocycles. The van der Waals surface area contributed by atoms with Crippen LogP contribution >= 0.6 is 11.6 Å². The Balaban J connectivity index is 1.85. The zero-order chi connectivity index (χ0) is 19.8. The molecule has 0 radical (unpaired) electrons. The largest absolute Gasteiger partial charge is 0.435 e. The quantitative estimate of drug-likeness (QED) is 0.837. The Bertz CT molecular complexity index is 906. The van der Waals surface area contributed by atoms with Crippen molar-refractivity contribution in [2.24, 2.45) is 5.73 Å². The fourth-order valence-corrected chi connectivity index (χ4v) is 3.57. The summed E-state index contributed by atoms with van der Waals surface area (Å²) in [7, 11) is 0. The molecule has 0 spiro atoms. The first-order valence-corrected chi connectivity index (χ1v) is 8.80. The molecule has 27 heavy (non-hydrogen) atoms. The number of rotatable bonds is 5. The Kier molecular flexibility index (Phi) is 5.28. The molecule has 0 bridgehead atoms. The number of Topliss-reactive ketones (excluding diaryl/α,β-unsaturated/α-hetero) is 1. The van der Waals surface area contributed by atoms with Crippen LogP contribution in [-0.4, -0.2) is 21.5 Å². The summed E-state index contributed by atoms with van der Waals surface area (Å²) in [5, 5.41) is 3.98. The van der Waals surface area contributed by atoms with Crippen LogP contribution in [0.2, 0.25) is 5.02 Å². The van der Waals surface area contributed by atoms with Gasteiger partial charge in [0.15, 0.2) is 11.5 Å². The molecule has 2 aromatic rings. The van der Waals surface area contributed by atoms with E-state index in [0.29, 0.717) is 35.5 Å². The number of aromatic nitrogens is 2. The summed E-state index contributed by atoms with van der Waals surface area (Å²) in [6.07, 6.45) is -2.51. The minimum absolute atomic E-state index is 0.120. The van der Waals surface area contributed by atoms with Gasteiger partial charge in [-0.2, -0.15) is 18.3 Å². The topological polar surface area (TPSA) is 78.0 Å². The highest BCUT2D eigenvalue weighted by Crippen LogP contribution is 2.35. The number of nitrogens with two attached hydrogens (primary N) is 1. The number of hydrogen-bond donors (Lipinski definition) is 1. The van der Waals surface area contributed by atoms with Crippen LogP contribution in [0.3, 0.4) is 0 Å². The molecule has 0 atom stereocenters. The summed E-state index contributed by atoms with van der Waals surface area (Å²) in [6, 6.07) is 4.40. The molecular formula is C18H17ClF3N3O2. The maximum absolute atomic E-state index is 13.2. The van der Waals surface area contributed by atoms with Crippen LogP contribution in [0.1, 0.15) is 45.7 Å². The molecule has 9 heteroatoms. The van der Waals surface area contributed by atoms with Crippen molar-refractivity contribution < 1.29 is 22.8 Å². The normalized spacial score (nSPS) is 14.1. The van der Waals surface area contributed by atoms with E-state index >= 15 is 0 Å². The van der Waals surface area contributed by atoms with Crippen molar-refractivity contribution >= 4 is 23.3 Å². The molecule has 0 unspecified atom stereocenters. The third-order valence-electron chi connectivity index (χ3n) is 4.58. The molecule has 0 aliphatic heterocycles. The Morgan fingerprint density at radius 1 is 1.22 bits per heavy atom. The van der Waals surface area contributed by atoms with Gasteiger partial charge in [-0.25, -0.2) is 0 Å². The van der Waals surface area contributed by atoms with E-state index in [1.165, 1.54) is 18.2 Å². The first-order chi connectivity index (χ1) is 12.7. The van der Waals surface area contributed by atoms with Crippen molar-refractivity contribution in [1.82, 2.24) is 9.78 Å². The van der Waals surface area contributed by atoms with Gasteiger partial charge in [0.2, 0.25) is 5.91 Å². The number of benzene rings is 1. The highest BCUT2D eigenvalue weighted by atomic mass is 35.5. The number of fused-ring (bicyclic) bond motifs is 1. The van der Waals surface area contributed by atoms with Crippen molar-refractivity contribution in [1.29, 1.82) is 0 Å². The van der Waals surface area contributed by atoms with E-state index in [2.05, 4.69) is 5.10 Å². The van der Waals surface area contributed by atoms with Gasteiger partial charge < -0.3 is 5.73 Å². The number of nitrogens with zero attached hydrogens (tertiary/aromatic N) is 2. The summed E-state index contributed by atoms with van der Waals surface area (Å²) in [5.41, 5.74) is 5.55. The summed E-state index contributed by atoms with van der Waals surface area (Å²) in [5.74, 6) is -1.10. The first-order valence-electron chi connectivity index (χ1n) is 8.42. The Morgan fingerprint density at radius 2 is 1.93 bits per heavy atom. The molecule has 0 saturated carbocycles. The molecule has 5 nitrogen and oxygen atoms in total. The van der Waals surface area contributed by atoms with E-state index in [-0.39, 0.29) is 29.9 Å². The van der Waals surface area contributed by atoms with Crippen molar-refractivity contribution in [3.8, 4) is 0 Å². The van der Waals surface area contributed by atoms with Crippen LogP contribution in [0.25, 0.3) is 0 Å². The lowest BCUT2D eigenvalue weighted by Crippen LogP contribution is -2.20. The standard InChI is InChI=1S/C18H17ClF3N3O2/c19-11-6-5-10(14(8-11)17(23)27)7-12(26)9-25-15-4-2-1-3-13(15)16(24-25)18(20,21)22/h5-6,8H,1-4,7,9H2,(H2,23,27). The fraction of sp³-hybridized carbons (Fsp3) is 0.389. The van der Waals surface area contributed by atoms with Gasteiger partial charge in [0.1, 0.15) is 6.54 Å². The van der Waals surface area contributed by atoms with Crippen LogP contribution in [-0.2, 0) is 36.8 Å². The number of carbonyl (C=O) groups is 2. The molecule has 1 heterocycles. The van der Waals surface area contributed by atoms with Crippen LogP contribution in [0, 0.1) is 0 Å². The first kappa shape index (κ1) is 19.4. The average Bonchev–Trinajstić information content (AvgIpc) is 2.95. The molecule has 2 N–H and O–H groups in total.